The normalized spacial score (nSPS) is 10.9. The van der Waals surface area contributed by atoms with Crippen LogP contribution in [0.2, 0.25) is 0 Å². The molecule has 0 saturated carbocycles. The Morgan fingerprint density at radius 3 is 2.60 bits per heavy atom. The molecule has 0 fully saturated rings. The van der Waals surface area contributed by atoms with Crippen LogP contribution in [0.25, 0.3) is 0 Å². The minimum atomic E-state index is 0.896. The van der Waals surface area contributed by atoms with E-state index in [0.29, 0.717) is 0 Å². The van der Waals surface area contributed by atoms with Crippen LogP contribution >= 0.6 is 0 Å². The van der Waals surface area contributed by atoms with Crippen LogP contribution in [0, 0.1) is 0 Å². The van der Waals surface area contributed by atoms with E-state index in [9.17, 15) is 0 Å². The molecule has 20 heavy (non-hydrogen) atoms. The van der Waals surface area contributed by atoms with E-state index in [2.05, 4.69) is 52.5 Å². The third-order valence-electron chi connectivity index (χ3n) is 3.34. The number of rotatable bonds is 7. The molecule has 0 bridgehead atoms. The largest absolute Gasteiger partial charge is 0.316 e. The highest BCUT2D eigenvalue weighted by molar-refractivity contribution is 5.23. The highest BCUT2D eigenvalue weighted by Gasteiger charge is 2.06. The van der Waals surface area contributed by atoms with Crippen molar-refractivity contribution in [3.63, 3.8) is 0 Å². The zero-order valence-electron chi connectivity index (χ0n) is 12.3. The molecular formula is C17H23N3. The Kier molecular flexibility index (Phi) is 5.71. The van der Waals surface area contributed by atoms with Crippen molar-refractivity contribution in [1.29, 1.82) is 0 Å². The summed E-state index contributed by atoms with van der Waals surface area (Å²) >= 11 is 0. The summed E-state index contributed by atoms with van der Waals surface area (Å²) in [5.74, 6) is 0. The fraction of sp³-hybridized carbons (Fsp3) is 0.353. The minimum Gasteiger partial charge on any atom is -0.316 e. The fourth-order valence-electron chi connectivity index (χ4n) is 2.30. The van der Waals surface area contributed by atoms with Crippen LogP contribution in [0.4, 0.5) is 0 Å². The molecular weight excluding hydrogens is 246 g/mol. The van der Waals surface area contributed by atoms with Gasteiger partial charge < -0.3 is 5.32 Å². The van der Waals surface area contributed by atoms with E-state index in [1.54, 1.807) is 0 Å². The fourth-order valence-corrected chi connectivity index (χ4v) is 2.30. The third kappa shape index (κ3) is 4.44. The smallest absolute Gasteiger partial charge is 0.0544 e. The molecule has 0 aliphatic carbocycles. The zero-order chi connectivity index (χ0) is 14.2. The quantitative estimate of drug-likeness (QED) is 0.838. The Bertz CT molecular complexity index is 511. The first-order valence-corrected chi connectivity index (χ1v) is 7.16. The number of nitrogens with zero attached hydrogens (tertiary/aromatic N) is 2. The second kappa shape index (κ2) is 7.78. The van der Waals surface area contributed by atoms with Gasteiger partial charge in [-0.05, 0) is 36.9 Å². The number of benzene rings is 1. The van der Waals surface area contributed by atoms with Gasteiger partial charge in [-0.15, -0.1) is 0 Å². The van der Waals surface area contributed by atoms with Crippen LogP contribution in [0.1, 0.15) is 23.7 Å². The van der Waals surface area contributed by atoms with E-state index in [1.165, 1.54) is 11.1 Å². The van der Waals surface area contributed by atoms with Crippen molar-refractivity contribution < 1.29 is 0 Å². The molecule has 2 rings (SSSR count). The molecule has 1 aromatic carbocycles. The predicted molar refractivity (Wildman–Crippen MR) is 83.2 cm³/mol. The summed E-state index contributed by atoms with van der Waals surface area (Å²) in [6.07, 6.45) is 1.86. The summed E-state index contributed by atoms with van der Waals surface area (Å²) in [5.41, 5.74) is 3.81. The Morgan fingerprint density at radius 1 is 1.05 bits per heavy atom. The molecule has 1 aromatic heterocycles. The van der Waals surface area contributed by atoms with Gasteiger partial charge in [-0.3, -0.25) is 9.88 Å². The van der Waals surface area contributed by atoms with Crippen molar-refractivity contribution in [3.05, 3.63) is 65.5 Å². The van der Waals surface area contributed by atoms with Crippen LogP contribution in [-0.2, 0) is 19.6 Å². The molecule has 0 unspecified atom stereocenters. The third-order valence-corrected chi connectivity index (χ3v) is 3.34. The van der Waals surface area contributed by atoms with Gasteiger partial charge >= 0.3 is 0 Å². The van der Waals surface area contributed by atoms with Crippen LogP contribution < -0.4 is 5.32 Å². The molecule has 1 heterocycles. The molecule has 0 saturated heterocycles. The lowest BCUT2D eigenvalue weighted by Crippen LogP contribution is -2.23. The maximum atomic E-state index is 4.40. The first-order chi connectivity index (χ1) is 9.81. The highest BCUT2D eigenvalue weighted by Crippen LogP contribution is 2.10. The monoisotopic (exact) mass is 269 g/mol. The van der Waals surface area contributed by atoms with Gasteiger partial charge in [0, 0.05) is 25.8 Å². The number of hydrogen-bond donors (Lipinski definition) is 1. The lowest BCUT2D eigenvalue weighted by molar-refractivity contribution is 0.268. The molecule has 0 aliphatic rings. The summed E-state index contributed by atoms with van der Waals surface area (Å²) in [5, 5.41) is 3.19. The summed E-state index contributed by atoms with van der Waals surface area (Å²) in [4.78, 5) is 6.81. The van der Waals surface area contributed by atoms with Crippen LogP contribution in [-0.4, -0.2) is 23.5 Å². The first kappa shape index (κ1) is 14.7. The van der Waals surface area contributed by atoms with Crippen molar-refractivity contribution in [2.45, 2.75) is 26.6 Å². The van der Waals surface area contributed by atoms with Gasteiger partial charge in [-0.2, -0.15) is 0 Å². The lowest BCUT2D eigenvalue weighted by atomic mass is 10.1. The number of aromatic nitrogens is 1. The molecule has 0 amide bonds. The zero-order valence-corrected chi connectivity index (χ0v) is 12.3. The number of pyridine rings is 1. The Hall–Kier alpha value is -1.71. The van der Waals surface area contributed by atoms with Crippen LogP contribution in [0.5, 0.6) is 0 Å². The predicted octanol–water partition coefficient (Wildman–Crippen LogP) is 2.82. The van der Waals surface area contributed by atoms with E-state index in [0.717, 1.165) is 31.9 Å². The van der Waals surface area contributed by atoms with Gasteiger partial charge in [0.1, 0.15) is 0 Å². The summed E-state index contributed by atoms with van der Waals surface area (Å²) in [7, 11) is 1.98. The second-order valence-corrected chi connectivity index (χ2v) is 4.97. The topological polar surface area (TPSA) is 28.2 Å². The van der Waals surface area contributed by atoms with Gasteiger partial charge in [0.25, 0.3) is 0 Å². The van der Waals surface area contributed by atoms with Crippen LogP contribution in [0.15, 0.2) is 48.7 Å². The van der Waals surface area contributed by atoms with Crippen LogP contribution in [0.3, 0.4) is 0 Å². The number of nitrogens with one attached hydrogen (secondary N) is 1. The average Bonchev–Trinajstić information content (AvgIpc) is 2.48. The van der Waals surface area contributed by atoms with Crippen molar-refractivity contribution in [1.82, 2.24) is 15.2 Å². The maximum absolute atomic E-state index is 4.40. The van der Waals surface area contributed by atoms with Crippen molar-refractivity contribution >= 4 is 0 Å². The van der Waals surface area contributed by atoms with Gasteiger partial charge in [0.05, 0.1) is 5.69 Å². The first-order valence-electron chi connectivity index (χ1n) is 7.16. The van der Waals surface area contributed by atoms with E-state index >= 15 is 0 Å². The standard InChI is InChI=1S/C17H23N3/c1-3-20(14-17-9-4-5-10-19-17)13-16-8-6-7-15(11-16)12-18-2/h4-11,18H,3,12-14H2,1-2H3. The molecule has 0 radical (unpaired) electrons. The van der Waals surface area contributed by atoms with E-state index < -0.39 is 0 Å². The molecule has 0 atom stereocenters. The molecule has 2 aromatic rings. The molecule has 106 valence electrons. The second-order valence-electron chi connectivity index (χ2n) is 4.97. The lowest BCUT2D eigenvalue weighted by Gasteiger charge is -2.20. The molecule has 3 heteroatoms. The summed E-state index contributed by atoms with van der Waals surface area (Å²) in [6, 6.07) is 14.9. The Morgan fingerprint density at radius 2 is 1.90 bits per heavy atom. The summed E-state index contributed by atoms with van der Waals surface area (Å²) in [6.45, 7) is 5.99. The van der Waals surface area contributed by atoms with Gasteiger partial charge in [-0.1, -0.05) is 37.3 Å². The molecule has 3 nitrogen and oxygen atoms in total. The van der Waals surface area contributed by atoms with Crippen molar-refractivity contribution in [2.24, 2.45) is 0 Å². The van der Waals surface area contributed by atoms with E-state index in [-0.39, 0.29) is 0 Å². The molecule has 1 N–H and O–H groups in total. The molecule has 0 aliphatic heterocycles. The number of hydrogen-bond acceptors (Lipinski definition) is 3. The minimum absolute atomic E-state index is 0.896. The van der Waals surface area contributed by atoms with Gasteiger partial charge in [0.15, 0.2) is 0 Å². The Labute approximate surface area is 121 Å². The van der Waals surface area contributed by atoms with Gasteiger partial charge in [-0.25, -0.2) is 0 Å². The van der Waals surface area contributed by atoms with Crippen molar-refractivity contribution in [3.8, 4) is 0 Å². The van der Waals surface area contributed by atoms with Gasteiger partial charge in [0.2, 0.25) is 0 Å². The SMILES string of the molecule is CCN(Cc1cccc(CNC)c1)Cc1ccccn1. The highest BCUT2D eigenvalue weighted by atomic mass is 15.1. The van der Waals surface area contributed by atoms with E-state index in [1.807, 2.05) is 25.4 Å². The Balaban J connectivity index is 2.00. The summed E-state index contributed by atoms with van der Waals surface area (Å²) < 4.78 is 0. The van der Waals surface area contributed by atoms with E-state index in [4.69, 9.17) is 0 Å². The average molecular weight is 269 g/mol. The van der Waals surface area contributed by atoms with Crippen molar-refractivity contribution in [2.75, 3.05) is 13.6 Å². The maximum Gasteiger partial charge on any atom is 0.0544 e. The molecule has 0 spiro atoms.